The number of thiophene rings is 1. The zero-order valence-corrected chi connectivity index (χ0v) is 14.2. The zero-order chi connectivity index (χ0) is 15.1. The first-order valence-electron chi connectivity index (χ1n) is 7.80. The van der Waals surface area contributed by atoms with Crippen molar-refractivity contribution < 1.29 is 4.74 Å². The highest BCUT2D eigenvalue weighted by atomic mass is 32.1. The van der Waals surface area contributed by atoms with Crippen molar-refractivity contribution in [2.45, 2.75) is 32.7 Å². The van der Waals surface area contributed by atoms with Gasteiger partial charge >= 0.3 is 0 Å². The molecule has 118 valence electrons. The molecule has 5 heteroatoms. The van der Waals surface area contributed by atoms with Crippen LogP contribution in [0.4, 0.5) is 0 Å². The smallest absolute Gasteiger partial charge is 0.193 e. The Bertz CT molecular complexity index is 454. The van der Waals surface area contributed by atoms with Crippen LogP contribution in [0.3, 0.4) is 0 Å². The fourth-order valence-corrected chi connectivity index (χ4v) is 3.00. The minimum absolute atomic E-state index is 0.771. The molecule has 0 spiro atoms. The average molecular weight is 309 g/mol. The van der Waals surface area contributed by atoms with Crippen LogP contribution in [-0.2, 0) is 17.7 Å². The van der Waals surface area contributed by atoms with E-state index in [-0.39, 0.29) is 0 Å². The second-order valence-electron chi connectivity index (χ2n) is 5.56. The van der Waals surface area contributed by atoms with E-state index < -0.39 is 0 Å². The van der Waals surface area contributed by atoms with Crippen molar-refractivity contribution in [3.63, 3.8) is 0 Å². The molecule has 1 saturated carbocycles. The molecule has 0 atom stereocenters. The van der Waals surface area contributed by atoms with Gasteiger partial charge in [0.1, 0.15) is 0 Å². The van der Waals surface area contributed by atoms with Gasteiger partial charge in [0.05, 0.1) is 13.2 Å². The summed E-state index contributed by atoms with van der Waals surface area (Å²) in [5.41, 5.74) is 0. The van der Waals surface area contributed by atoms with Gasteiger partial charge in [0, 0.05) is 37.0 Å². The molecule has 1 aromatic heterocycles. The van der Waals surface area contributed by atoms with E-state index in [2.05, 4.69) is 41.3 Å². The lowest BCUT2D eigenvalue weighted by Crippen LogP contribution is -2.40. The predicted octanol–water partition coefficient (Wildman–Crippen LogP) is 2.74. The molecule has 2 rings (SSSR count). The quantitative estimate of drug-likeness (QED) is 0.456. The molecule has 1 aliphatic carbocycles. The number of likely N-dealkylation sites (N-methyl/N-ethyl adjacent to an activating group) is 1. The number of ether oxygens (including phenoxy) is 1. The van der Waals surface area contributed by atoms with Crippen LogP contribution < -0.4 is 5.32 Å². The van der Waals surface area contributed by atoms with Gasteiger partial charge in [-0.2, -0.15) is 0 Å². The third kappa shape index (κ3) is 5.67. The van der Waals surface area contributed by atoms with E-state index in [9.17, 15) is 0 Å². The third-order valence-corrected chi connectivity index (χ3v) is 4.91. The van der Waals surface area contributed by atoms with Crippen molar-refractivity contribution in [1.29, 1.82) is 0 Å². The largest absolute Gasteiger partial charge is 0.379 e. The van der Waals surface area contributed by atoms with Gasteiger partial charge in [-0.3, -0.25) is 4.99 Å². The first kappa shape index (κ1) is 16.3. The van der Waals surface area contributed by atoms with Crippen LogP contribution in [0, 0.1) is 5.92 Å². The lowest BCUT2D eigenvalue weighted by atomic mass is 10.3. The molecule has 0 amide bonds. The van der Waals surface area contributed by atoms with Crippen molar-refractivity contribution in [2.75, 3.05) is 33.9 Å². The standard InChI is InChI=1S/C16H27N3OS/c1-4-14-7-8-15(21-14)11-18-16(17-2)19(3)9-10-20-12-13-5-6-13/h7-8,13H,4-6,9-12H2,1-3H3,(H,17,18). The van der Waals surface area contributed by atoms with E-state index in [0.29, 0.717) is 0 Å². The lowest BCUT2D eigenvalue weighted by molar-refractivity contribution is 0.115. The summed E-state index contributed by atoms with van der Waals surface area (Å²) in [6.45, 7) is 5.60. The van der Waals surface area contributed by atoms with Crippen molar-refractivity contribution in [1.82, 2.24) is 10.2 Å². The van der Waals surface area contributed by atoms with Crippen LogP contribution in [0.15, 0.2) is 17.1 Å². The summed E-state index contributed by atoms with van der Waals surface area (Å²) in [6, 6.07) is 4.41. The Morgan fingerprint density at radius 2 is 2.19 bits per heavy atom. The second kappa shape index (κ2) is 8.39. The number of aliphatic imine (C=N–C) groups is 1. The Morgan fingerprint density at radius 3 is 2.81 bits per heavy atom. The highest BCUT2D eigenvalue weighted by Gasteiger charge is 2.21. The summed E-state index contributed by atoms with van der Waals surface area (Å²) in [6.07, 6.45) is 3.80. The molecule has 1 aliphatic rings. The number of aryl methyl sites for hydroxylation is 1. The predicted molar refractivity (Wildman–Crippen MR) is 90.1 cm³/mol. The fourth-order valence-electron chi connectivity index (χ4n) is 2.10. The maximum absolute atomic E-state index is 5.68. The summed E-state index contributed by atoms with van der Waals surface area (Å²) in [7, 11) is 3.89. The van der Waals surface area contributed by atoms with E-state index in [1.807, 2.05) is 18.4 Å². The Balaban J connectivity index is 1.67. The number of rotatable bonds is 8. The van der Waals surface area contributed by atoms with Crippen molar-refractivity contribution in [2.24, 2.45) is 10.9 Å². The van der Waals surface area contributed by atoms with Crippen molar-refractivity contribution in [3.05, 3.63) is 21.9 Å². The Morgan fingerprint density at radius 1 is 1.43 bits per heavy atom. The van der Waals surface area contributed by atoms with E-state index in [1.165, 1.54) is 22.6 Å². The van der Waals surface area contributed by atoms with Crippen LogP contribution in [0.1, 0.15) is 29.5 Å². The molecule has 0 aromatic carbocycles. The van der Waals surface area contributed by atoms with Gasteiger partial charge in [-0.1, -0.05) is 6.92 Å². The van der Waals surface area contributed by atoms with Crippen LogP contribution in [0.5, 0.6) is 0 Å². The molecule has 4 nitrogen and oxygen atoms in total. The summed E-state index contributed by atoms with van der Waals surface area (Å²) >= 11 is 1.87. The Hall–Kier alpha value is -1.07. The van der Waals surface area contributed by atoms with Crippen LogP contribution in [-0.4, -0.2) is 44.7 Å². The number of guanidine groups is 1. The molecule has 0 unspecified atom stereocenters. The fraction of sp³-hybridized carbons (Fsp3) is 0.688. The highest BCUT2D eigenvalue weighted by Crippen LogP contribution is 2.28. The van der Waals surface area contributed by atoms with Gasteiger partial charge in [0.15, 0.2) is 5.96 Å². The van der Waals surface area contributed by atoms with Crippen molar-refractivity contribution >= 4 is 17.3 Å². The normalized spacial score (nSPS) is 15.3. The molecule has 0 bridgehead atoms. The molecule has 1 heterocycles. The maximum Gasteiger partial charge on any atom is 0.193 e. The molecule has 21 heavy (non-hydrogen) atoms. The monoisotopic (exact) mass is 309 g/mol. The van der Waals surface area contributed by atoms with Gasteiger partial charge in [-0.05, 0) is 37.3 Å². The number of nitrogens with one attached hydrogen (secondary N) is 1. The highest BCUT2D eigenvalue weighted by molar-refractivity contribution is 7.11. The SMILES string of the molecule is CCc1ccc(CNC(=NC)N(C)CCOCC2CC2)s1. The zero-order valence-electron chi connectivity index (χ0n) is 13.4. The molecular weight excluding hydrogens is 282 g/mol. The second-order valence-corrected chi connectivity index (χ2v) is 6.82. The van der Waals surface area contributed by atoms with Crippen molar-refractivity contribution in [3.8, 4) is 0 Å². The van der Waals surface area contributed by atoms with Gasteiger partial charge in [0.25, 0.3) is 0 Å². The summed E-state index contributed by atoms with van der Waals surface area (Å²) < 4.78 is 5.68. The first-order valence-corrected chi connectivity index (χ1v) is 8.61. The summed E-state index contributed by atoms with van der Waals surface area (Å²) in [4.78, 5) is 9.25. The molecule has 0 saturated heterocycles. The van der Waals surface area contributed by atoms with Gasteiger partial charge in [0.2, 0.25) is 0 Å². The minimum atomic E-state index is 0.771. The third-order valence-electron chi connectivity index (χ3n) is 3.68. The minimum Gasteiger partial charge on any atom is -0.379 e. The van der Waals surface area contributed by atoms with Crippen LogP contribution in [0.2, 0.25) is 0 Å². The number of hydrogen-bond acceptors (Lipinski definition) is 3. The number of hydrogen-bond donors (Lipinski definition) is 1. The molecule has 1 fully saturated rings. The molecule has 0 radical (unpaired) electrons. The summed E-state index contributed by atoms with van der Waals surface area (Å²) in [5.74, 6) is 1.76. The van der Waals surface area contributed by atoms with E-state index in [1.54, 1.807) is 0 Å². The van der Waals surface area contributed by atoms with Gasteiger partial charge in [-0.15, -0.1) is 11.3 Å². The maximum atomic E-state index is 5.68. The van der Waals surface area contributed by atoms with E-state index >= 15 is 0 Å². The molecule has 1 N–H and O–H groups in total. The topological polar surface area (TPSA) is 36.9 Å². The van der Waals surface area contributed by atoms with E-state index in [4.69, 9.17) is 4.74 Å². The summed E-state index contributed by atoms with van der Waals surface area (Å²) in [5, 5.41) is 3.42. The van der Waals surface area contributed by atoms with Gasteiger partial charge < -0.3 is 15.0 Å². The Labute approximate surface area is 132 Å². The molecule has 1 aromatic rings. The van der Waals surface area contributed by atoms with Crippen LogP contribution in [0.25, 0.3) is 0 Å². The van der Waals surface area contributed by atoms with Crippen LogP contribution >= 0.6 is 11.3 Å². The average Bonchev–Trinajstić information content (AvgIpc) is 3.21. The Kier molecular flexibility index (Phi) is 6.51. The van der Waals surface area contributed by atoms with E-state index in [0.717, 1.165) is 44.6 Å². The first-order chi connectivity index (χ1) is 10.2. The van der Waals surface area contributed by atoms with Gasteiger partial charge in [-0.25, -0.2) is 0 Å². The molecular formula is C16H27N3OS. The lowest BCUT2D eigenvalue weighted by Gasteiger charge is -2.21. The number of nitrogens with zero attached hydrogens (tertiary/aromatic N) is 2. The molecule has 0 aliphatic heterocycles.